The van der Waals surface area contributed by atoms with Gasteiger partial charge in [0.05, 0.1) is 17.4 Å². The van der Waals surface area contributed by atoms with Crippen molar-refractivity contribution in [2.75, 3.05) is 5.32 Å². The molecule has 0 aliphatic rings. The van der Waals surface area contributed by atoms with Gasteiger partial charge in [0, 0.05) is 6.20 Å². The Hall–Kier alpha value is -3.97. The minimum atomic E-state index is -4.76. The highest BCUT2D eigenvalue weighted by Gasteiger charge is 2.52. The minimum absolute atomic E-state index is 0.140. The summed E-state index contributed by atoms with van der Waals surface area (Å²) in [6.07, 6.45) is -6.39. The lowest BCUT2D eigenvalue weighted by molar-refractivity contribution is -0.210. The Kier molecular flexibility index (Phi) is 11.4. The van der Waals surface area contributed by atoms with Crippen molar-refractivity contribution < 1.29 is 31.9 Å². The average molecular weight is 647 g/mol. The molecule has 2 N–H and O–H groups in total. The largest absolute Gasteiger partial charge is 0.443 e. The number of ether oxygens (including phenoxy) is 1. The molecule has 0 aliphatic heterocycles. The maximum atomic E-state index is 14.5. The summed E-state index contributed by atoms with van der Waals surface area (Å²) in [5.41, 5.74) is 0.488. The summed E-state index contributed by atoms with van der Waals surface area (Å²) in [4.78, 5) is 43.6. The Morgan fingerprint density at radius 1 is 0.978 bits per heavy atom. The number of amides is 2. The lowest BCUT2D eigenvalue weighted by atomic mass is 9.98. The highest BCUT2D eigenvalue weighted by Crippen LogP contribution is 2.41. The first kappa shape index (κ1) is 35.5. The van der Waals surface area contributed by atoms with E-state index in [2.05, 4.69) is 15.6 Å². The zero-order chi connectivity index (χ0) is 33.6. The van der Waals surface area contributed by atoms with Gasteiger partial charge < -0.3 is 14.5 Å². The summed E-state index contributed by atoms with van der Waals surface area (Å²) >= 11 is 0. The van der Waals surface area contributed by atoms with E-state index in [1.807, 2.05) is 20.8 Å². The molecule has 3 aromatic rings. The molecule has 1 aromatic carbocycles. The smallest absolute Gasteiger partial charge is 0.415 e. The van der Waals surface area contributed by atoms with Crippen LogP contribution in [-0.2, 0) is 27.1 Å². The van der Waals surface area contributed by atoms with Crippen LogP contribution in [0.1, 0.15) is 40.3 Å². The molecule has 0 saturated carbocycles. The highest BCUT2D eigenvalue weighted by atomic mass is 28.4. The van der Waals surface area contributed by atoms with Crippen molar-refractivity contribution in [3.63, 3.8) is 0 Å². The SMILES string of the molecule is CC(C)C(NC(=O)Cn1c(-c2ccccc2)ccc(NC(=O)OCc2ccccn2)c1=O)C(O[Si](C)(C)C(C)(C)C)C(F)(F)F. The lowest BCUT2D eigenvalue weighted by Crippen LogP contribution is -2.59. The van der Waals surface area contributed by atoms with Gasteiger partial charge in [0.1, 0.15) is 18.8 Å². The molecule has 244 valence electrons. The number of pyridine rings is 2. The number of alkyl halides is 3. The van der Waals surface area contributed by atoms with Crippen LogP contribution >= 0.6 is 0 Å². The number of halogens is 3. The van der Waals surface area contributed by atoms with E-state index in [9.17, 15) is 27.6 Å². The van der Waals surface area contributed by atoms with Crippen molar-refractivity contribution in [2.45, 2.75) is 84.2 Å². The second-order valence-electron chi connectivity index (χ2n) is 12.6. The van der Waals surface area contributed by atoms with Crippen LogP contribution < -0.4 is 16.2 Å². The molecule has 0 bridgehead atoms. The van der Waals surface area contributed by atoms with Gasteiger partial charge in [-0.25, -0.2) is 4.79 Å². The van der Waals surface area contributed by atoms with E-state index in [0.717, 1.165) is 4.57 Å². The summed E-state index contributed by atoms with van der Waals surface area (Å²) in [6, 6.07) is 15.3. The number of nitrogens with zero attached hydrogens (tertiary/aromatic N) is 2. The van der Waals surface area contributed by atoms with E-state index < -0.39 is 61.7 Å². The van der Waals surface area contributed by atoms with E-state index in [-0.39, 0.29) is 12.3 Å². The molecule has 9 nitrogen and oxygen atoms in total. The molecule has 2 unspecified atom stereocenters. The van der Waals surface area contributed by atoms with Gasteiger partial charge in [0.15, 0.2) is 14.4 Å². The normalized spacial score (nSPS) is 13.7. The van der Waals surface area contributed by atoms with Gasteiger partial charge in [0.25, 0.3) is 5.56 Å². The number of rotatable bonds is 11. The molecule has 2 heterocycles. The zero-order valence-corrected chi connectivity index (χ0v) is 27.6. The summed E-state index contributed by atoms with van der Waals surface area (Å²) in [5.74, 6) is -1.48. The van der Waals surface area contributed by atoms with Crippen LogP contribution in [0.3, 0.4) is 0 Å². The number of benzene rings is 1. The Morgan fingerprint density at radius 2 is 1.62 bits per heavy atom. The number of aromatic nitrogens is 2. The molecule has 2 aromatic heterocycles. The predicted octanol–water partition coefficient (Wildman–Crippen LogP) is 6.75. The molecule has 13 heteroatoms. The predicted molar refractivity (Wildman–Crippen MR) is 169 cm³/mol. The number of carbonyl (C=O) groups excluding carboxylic acids is 2. The topological polar surface area (TPSA) is 112 Å². The lowest BCUT2D eigenvalue weighted by Gasteiger charge is -2.42. The van der Waals surface area contributed by atoms with Crippen molar-refractivity contribution in [3.8, 4) is 11.3 Å². The fourth-order valence-corrected chi connectivity index (χ4v) is 5.53. The zero-order valence-electron chi connectivity index (χ0n) is 26.6. The van der Waals surface area contributed by atoms with E-state index >= 15 is 0 Å². The molecule has 0 fully saturated rings. The van der Waals surface area contributed by atoms with Crippen LogP contribution in [0.5, 0.6) is 0 Å². The first-order valence-electron chi connectivity index (χ1n) is 14.6. The van der Waals surface area contributed by atoms with Crippen LogP contribution in [0.25, 0.3) is 11.3 Å². The van der Waals surface area contributed by atoms with Crippen LogP contribution in [0.15, 0.2) is 71.7 Å². The first-order chi connectivity index (χ1) is 20.9. The van der Waals surface area contributed by atoms with Crippen molar-refractivity contribution in [1.82, 2.24) is 14.9 Å². The van der Waals surface area contributed by atoms with Gasteiger partial charge in [-0.3, -0.25) is 24.5 Å². The monoisotopic (exact) mass is 646 g/mol. The third kappa shape index (κ3) is 9.51. The van der Waals surface area contributed by atoms with Gasteiger partial charge >= 0.3 is 12.3 Å². The summed E-state index contributed by atoms with van der Waals surface area (Å²) in [5, 5.41) is 4.39. The van der Waals surface area contributed by atoms with Crippen LogP contribution in [0.2, 0.25) is 18.1 Å². The number of nitrogens with one attached hydrogen (secondary N) is 2. The summed E-state index contributed by atoms with van der Waals surface area (Å²) < 4.78 is 55.5. The molecule has 0 aliphatic carbocycles. The summed E-state index contributed by atoms with van der Waals surface area (Å²) in [7, 11) is -2.91. The number of carbonyl (C=O) groups is 2. The third-order valence-electron chi connectivity index (χ3n) is 7.78. The molecule has 3 rings (SSSR count). The number of hydrogen-bond donors (Lipinski definition) is 2. The van der Waals surface area contributed by atoms with Crippen molar-refractivity contribution >= 4 is 26.0 Å². The molecule has 0 spiro atoms. The van der Waals surface area contributed by atoms with Gasteiger partial charge in [-0.15, -0.1) is 0 Å². The Labute approximate surface area is 262 Å². The molecule has 45 heavy (non-hydrogen) atoms. The highest BCUT2D eigenvalue weighted by molar-refractivity contribution is 6.74. The molecule has 2 amide bonds. The van der Waals surface area contributed by atoms with Crippen LogP contribution in [0, 0.1) is 5.92 Å². The fraction of sp³-hybridized carbons (Fsp3) is 0.438. The molecule has 0 saturated heterocycles. The third-order valence-corrected chi connectivity index (χ3v) is 12.2. The van der Waals surface area contributed by atoms with Gasteiger partial charge in [-0.1, -0.05) is 71.0 Å². The molecule has 0 radical (unpaired) electrons. The maximum Gasteiger partial charge on any atom is 0.415 e. The average Bonchev–Trinajstić information content (AvgIpc) is 2.95. The van der Waals surface area contributed by atoms with Gasteiger partial charge in [-0.2, -0.15) is 13.2 Å². The molecular weight excluding hydrogens is 605 g/mol. The van der Waals surface area contributed by atoms with E-state index in [1.54, 1.807) is 81.7 Å². The second kappa shape index (κ2) is 14.4. The quantitative estimate of drug-likeness (QED) is 0.223. The van der Waals surface area contributed by atoms with E-state index in [4.69, 9.17) is 9.16 Å². The Balaban J connectivity index is 1.92. The summed E-state index contributed by atoms with van der Waals surface area (Å²) in [6.45, 7) is 11.3. The molecule has 2 atom stereocenters. The van der Waals surface area contributed by atoms with Gasteiger partial charge in [-0.05, 0) is 53.9 Å². The second-order valence-corrected chi connectivity index (χ2v) is 17.3. The standard InChI is InChI=1S/C32H41F3N4O5Si/c1-21(2)27(28(32(33,34)35)44-45(6,7)31(3,4)5)38-26(40)19-39-25(22-13-9-8-10-14-22)17-16-24(29(39)41)37-30(42)43-20-23-15-11-12-18-36-23/h8-18,21,27-28H,19-20H2,1-7H3,(H,37,42)(H,38,40). The maximum absolute atomic E-state index is 14.5. The van der Waals surface area contributed by atoms with Crippen LogP contribution in [0.4, 0.5) is 23.7 Å². The first-order valence-corrected chi connectivity index (χ1v) is 17.5. The fourth-order valence-electron chi connectivity index (χ4n) is 4.27. The van der Waals surface area contributed by atoms with Crippen LogP contribution in [-0.4, -0.2) is 48.2 Å². The van der Waals surface area contributed by atoms with E-state index in [0.29, 0.717) is 17.0 Å². The van der Waals surface area contributed by atoms with E-state index in [1.165, 1.54) is 12.1 Å². The van der Waals surface area contributed by atoms with Crippen molar-refractivity contribution in [1.29, 1.82) is 0 Å². The Morgan fingerprint density at radius 3 is 2.18 bits per heavy atom. The number of anilines is 1. The number of hydrogen-bond acceptors (Lipinski definition) is 6. The van der Waals surface area contributed by atoms with Crippen molar-refractivity contribution in [3.05, 3.63) is 82.9 Å². The minimum Gasteiger partial charge on any atom is -0.443 e. The van der Waals surface area contributed by atoms with Crippen molar-refractivity contribution in [2.24, 2.45) is 5.92 Å². The Bertz CT molecular complexity index is 1510. The molecular formula is C32H41F3N4O5Si. The van der Waals surface area contributed by atoms with Gasteiger partial charge in [0.2, 0.25) is 5.91 Å².